The van der Waals surface area contributed by atoms with E-state index in [1.807, 2.05) is 31.1 Å². The van der Waals surface area contributed by atoms with Gasteiger partial charge in [-0.05, 0) is 15.9 Å². The van der Waals surface area contributed by atoms with Crippen molar-refractivity contribution in [1.29, 1.82) is 0 Å². The van der Waals surface area contributed by atoms with E-state index in [9.17, 15) is 0 Å². The maximum absolute atomic E-state index is 5.26. The Hall–Kier alpha value is -1.56. The van der Waals surface area contributed by atoms with Crippen molar-refractivity contribution in [2.24, 2.45) is 0 Å². The fourth-order valence-corrected chi connectivity index (χ4v) is 2.27. The summed E-state index contributed by atoms with van der Waals surface area (Å²) in [6.45, 7) is 0. The van der Waals surface area contributed by atoms with E-state index in [1.54, 1.807) is 14.2 Å². The minimum absolute atomic E-state index is 0.642. The average molecular weight is 312 g/mol. The van der Waals surface area contributed by atoms with E-state index >= 15 is 0 Å². The highest BCUT2D eigenvalue weighted by Gasteiger charge is 2.12. The number of hydrogen-bond acceptors (Lipinski definition) is 5. The largest absolute Gasteiger partial charge is 0.493 e. The number of nitrogens with zero attached hydrogens (tertiary/aromatic N) is 3. The van der Waals surface area contributed by atoms with Crippen LogP contribution in [0.4, 0.5) is 5.82 Å². The zero-order valence-electron chi connectivity index (χ0n) is 10.7. The van der Waals surface area contributed by atoms with Crippen molar-refractivity contribution in [2.45, 2.75) is 0 Å². The molecule has 1 aromatic carbocycles. The zero-order chi connectivity index (χ0) is 13.3. The molecule has 0 N–H and O–H groups in total. The highest BCUT2D eigenvalue weighted by atomic mass is 79.9. The van der Waals surface area contributed by atoms with Gasteiger partial charge < -0.3 is 14.4 Å². The number of fused-ring (bicyclic) bond motifs is 1. The predicted molar refractivity (Wildman–Crippen MR) is 74.7 cm³/mol. The molecule has 0 aliphatic heterocycles. The van der Waals surface area contributed by atoms with Crippen LogP contribution in [0.5, 0.6) is 11.5 Å². The molecule has 0 spiro atoms. The van der Waals surface area contributed by atoms with Crippen LogP contribution in [-0.2, 0) is 0 Å². The maximum atomic E-state index is 5.26. The third kappa shape index (κ3) is 2.20. The second kappa shape index (κ2) is 4.97. The van der Waals surface area contributed by atoms with Crippen LogP contribution in [0.15, 0.2) is 16.7 Å². The molecule has 0 unspecified atom stereocenters. The van der Waals surface area contributed by atoms with Crippen LogP contribution < -0.4 is 14.4 Å². The molecule has 0 aliphatic carbocycles. The number of ether oxygens (including phenoxy) is 2. The van der Waals surface area contributed by atoms with Gasteiger partial charge in [0.1, 0.15) is 4.60 Å². The quantitative estimate of drug-likeness (QED) is 0.871. The number of benzene rings is 1. The van der Waals surface area contributed by atoms with Crippen LogP contribution in [0.25, 0.3) is 11.0 Å². The van der Waals surface area contributed by atoms with Gasteiger partial charge in [-0.25, -0.2) is 9.97 Å². The van der Waals surface area contributed by atoms with Gasteiger partial charge in [-0.15, -0.1) is 0 Å². The standard InChI is InChI=1S/C12H14BrN3O2/c1-16(2)12-11(13)14-7-5-9(17-3)10(18-4)6-8(7)15-12/h5-6H,1-4H3. The van der Waals surface area contributed by atoms with E-state index in [2.05, 4.69) is 25.9 Å². The third-order valence-electron chi connectivity index (χ3n) is 2.53. The van der Waals surface area contributed by atoms with Gasteiger partial charge in [0.05, 0.1) is 25.3 Å². The van der Waals surface area contributed by atoms with Gasteiger partial charge in [-0.1, -0.05) is 0 Å². The molecule has 0 fully saturated rings. The lowest BCUT2D eigenvalue weighted by molar-refractivity contribution is 0.355. The molecular formula is C12H14BrN3O2. The van der Waals surface area contributed by atoms with E-state index in [-0.39, 0.29) is 0 Å². The first-order valence-electron chi connectivity index (χ1n) is 5.33. The lowest BCUT2D eigenvalue weighted by Gasteiger charge is -2.14. The summed E-state index contributed by atoms with van der Waals surface area (Å²) >= 11 is 3.41. The first-order chi connectivity index (χ1) is 8.56. The fourth-order valence-electron chi connectivity index (χ4n) is 1.64. The number of rotatable bonds is 3. The lowest BCUT2D eigenvalue weighted by atomic mass is 10.2. The first kappa shape index (κ1) is 12.9. The highest BCUT2D eigenvalue weighted by molar-refractivity contribution is 9.10. The summed E-state index contributed by atoms with van der Waals surface area (Å²) in [7, 11) is 7.03. The molecule has 0 saturated heterocycles. The Kier molecular flexibility index (Phi) is 3.56. The van der Waals surface area contributed by atoms with E-state index in [4.69, 9.17) is 9.47 Å². The second-order valence-electron chi connectivity index (χ2n) is 3.93. The molecule has 96 valence electrons. The summed E-state index contributed by atoms with van der Waals surface area (Å²) < 4.78 is 11.2. The smallest absolute Gasteiger partial charge is 0.163 e. The Morgan fingerprint density at radius 3 is 1.94 bits per heavy atom. The van der Waals surface area contributed by atoms with Gasteiger partial charge in [0.2, 0.25) is 0 Å². The molecule has 5 nitrogen and oxygen atoms in total. The maximum Gasteiger partial charge on any atom is 0.163 e. The van der Waals surface area contributed by atoms with Crippen molar-refractivity contribution in [1.82, 2.24) is 9.97 Å². The molecule has 6 heteroatoms. The van der Waals surface area contributed by atoms with Gasteiger partial charge in [-0.2, -0.15) is 0 Å². The van der Waals surface area contributed by atoms with Crippen LogP contribution in [0.2, 0.25) is 0 Å². The summed E-state index contributed by atoms with van der Waals surface area (Å²) in [5, 5.41) is 0. The van der Waals surface area contributed by atoms with Gasteiger partial charge in [0, 0.05) is 26.2 Å². The number of hydrogen-bond donors (Lipinski definition) is 0. The molecule has 0 amide bonds. The molecule has 18 heavy (non-hydrogen) atoms. The van der Waals surface area contributed by atoms with Crippen LogP contribution >= 0.6 is 15.9 Å². The Morgan fingerprint density at radius 2 is 1.50 bits per heavy atom. The predicted octanol–water partition coefficient (Wildman–Crippen LogP) is 2.48. The number of anilines is 1. The van der Waals surface area contributed by atoms with Crippen LogP contribution in [0.1, 0.15) is 0 Å². The molecule has 0 atom stereocenters. The Labute approximate surface area is 114 Å². The van der Waals surface area contributed by atoms with Gasteiger partial charge in [-0.3, -0.25) is 0 Å². The normalized spacial score (nSPS) is 10.5. The number of methoxy groups -OCH3 is 2. The Bertz CT molecular complexity index is 587. The minimum atomic E-state index is 0.642. The summed E-state index contributed by atoms with van der Waals surface area (Å²) in [6.07, 6.45) is 0. The third-order valence-corrected chi connectivity index (χ3v) is 3.07. The summed E-state index contributed by atoms with van der Waals surface area (Å²) in [6, 6.07) is 3.63. The van der Waals surface area contributed by atoms with E-state index < -0.39 is 0 Å². The molecule has 2 aromatic rings. The number of aromatic nitrogens is 2. The minimum Gasteiger partial charge on any atom is -0.493 e. The van der Waals surface area contributed by atoms with Crippen molar-refractivity contribution >= 4 is 32.8 Å². The molecule has 0 radical (unpaired) electrons. The highest BCUT2D eigenvalue weighted by Crippen LogP contribution is 2.32. The SMILES string of the molecule is COc1cc2nc(Br)c(N(C)C)nc2cc1OC. The monoisotopic (exact) mass is 311 g/mol. The molecule has 0 saturated carbocycles. The Balaban J connectivity index is 2.70. The van der Waals surface area contributed by atoms with E-state index in [0.29, 0.717) is 16.1 Å². The topological polar surface area (TPSA) is 47.5 Å². The molecular weight excluding hydrogens is 298 g/mol. The van der Waals surface area contributed by atoms with Crippen molar-refractivity contribution < 1.29 is 9.47 Å². The summed E-state index contributed by atoms with van der Waals surface area (Å²) in [4.78, 5) is 10.9. The molecule has 2 rings (SSSR count). The van der Waals surface area contributed by atoms with Crippen molar-refractivity contribution in [2.75, 3.05) is 33.2 Å². The summed E-state index contributed by atoms with van der Waals surface area (Å²) in [5.41, 5.74) is 1.52. The van der Waals surface area contributed by atoms with E-state index in [0.717, 1.165) is 16.9 Å². The summed E-state index contributed by atoms with van der Waals surface area (Å²) in [5.74, 6) is 2.06. The number of halogens is 1. The van der Waals surface area contributed by atoms with Gasteiger partial charge in [0.25, 0.3) is 0 Å². The first-order valence-corrected chi connectivity index (χ1v) is 6.12. The Morgan fingerprint density at radius 1 is 1.00 bits per heavy atom. The van der Waals surface area contributed by atoms with E-state index in [1.165, 1.54) is 0 Å². The van der Waals surface area contributed by atoms with Crippen LogP contribution in [0.3, 0.4) is 0 Å². The molecule has 1 heterocycles. The second-order valence-corrected chi connectivity index (χ2v) is 4.68. The zero-order valence-corrected chi connectivity index (χ0v) is 12.3. The average Bonchev–Trinajstić information content (AvgIpc) is 2.36. The van der Waals surface area contributed by atoms with Crippen molar-refractivity contribution in [3.63, 3.8) is 0 Å². The van der Waals surface area contributed by atoms with Gasteiger partial charge >= 0.3 is 0 Å². The lowest BCUT2D eigenvalue weighted by Crippen LogP contribution is -2.12. The van der Waals surface area contributed by atoms with Crippen molar-refractivity contribution in [3.05, 3.63) is 16.7 Å². The molecule has 1 aromatic heterocycles. The molecule has 0 aliphatic rings. The van der Waals surface area contributed by atoms with Crippen LogP contribution in [0, 0.1) is 0 Å². The van der Waals surface area contributed by atoms with Crippen molar-refractivity contribution in [3.8, 4) is 11.5 Å². The fraction of sp³-hybridized carbons (Fsp3) is 0.333. The molecule has 0 bridgehead atoms. The van der Waals surface area contributed by atoms with Gasteiger partial charge in [0.15, 0.2) is 17.3 Å². The van der Waals surface area contributed by atoms with Crippen LogP contribution in [-0.4, -0.2) is 38.3 Å².